The van der Waals surface area contributed by atoms with Crippen LogP contribution >= 0.6 is 0 Å². The zero-order valence-electron chi connectivity index (χ0n) is 15.4. The number of carbonyl (C=O) groups is 1. The number of carbonyl (C=O) groups excluding carboxylic acids is 1. The van der Waals surface area contributed by atoms with E-state index in [9.17, 15) is 9.59 Å². The molecule has 0 radical (unpaired) electrons. The van der Waals surface area contributed by atoms with E-state index in [2.05, 4.69) is 20.5 Å². The van der Waals surface area contributed by atoms with E-state index in [1.54, 1.807) is 47.9 Å². The normalized spacial score (nSPS) is 11.1. The first-order valence-corrected chi connectivity index (χ1v) is 8.81. The van der Waals surface area contributed by atoms with Crippen LogP contribution in [0.3, 0.4) is 0 Å². The molecule has 0 atom stereocenters. The maximum Gasteiger partial charge on any atom is 0.297 e. The van der Waals surface area contributed by atoms with Crippen LogP contribution in [0.1, 0.15) is 12.7 Å². The fraction of sp³-hybridized carbons (Fsp3) is 0.211. The molecule has 0 spiro atoms. The van der Waals surface area contributed by atoms with Crippen LogP contribution in [0.15, 0.2) is 47.4 Å². The van der Waals surface area contributed by atoms with E-state index in [4.69, 9.17) is 4.74 Å². The summed E-state index contributed by atoms with van der Waals surface area (Å²) in [6, 6.07) is 10.6. The second kappa shape index (κ2) is 7.10. The lowest BCUT2D eigenvalue weighted by atomic mass is 10.3. The number of anilines is 1. The number of nitrogens with one attached hydrogen (secondary N) is 1. The van der Waals surface area contributed by atoms with Crippen molar-refractivity contribution in [3.05, 3.63) is 58.8 Å². The van der Waals surface area contributed by atoms with Crippen LogP contribution in [0.25, 0.3) is 16.8 Å². The van der Waals surface area contributed by atoms with Crippen LogP contribution in [0.2, 0.25) is 0 Å². The van der Waals surface area contributed by atoms with Crippen molar-refractivity contribution in [2.45, 2.75) is 20.4 Å². The highest BCUT2D eigenvalue weighted by molar-refractivity contribution is 5.93. The van der Waals surface area contributed by atoms with Gasteiger partial charge in [-0.2, -0.15) is 0 Å². The summed E-state index contributed by atoms with van der Waals surface area (Å²) in [4.78, 5) is 30.0. The predicted octanol–water partition coefficient (Wildman–Crippen LogP) is 1.79. The van der Waals surface area contributed by atoms with Crippen LogP contribution in [0, 0.1) is 6.92 Å². The molecule has 4 rings (SSSR count). The highest BCUT2D eigenvalue weighted by Gasteiger charge is 2.17. The van der Waals surface area contributed by atoms with Crippen LogP contribution < -0.4 is 15.6 Å². The Kier molecular flexibility index (Phi) is 4.48. The van der Waals surface area contributed by atoms with Gasteiger partial charge in [-0.15, -0.1) is 10.2 Å². The number of benzene rings is 1. The number of para-hydroxylation sites is 2. The molecule has 0 saturated heterocycles. The average Bonchev–Trinajstić information content (AvgIpc) is 3.09. The van der Waals surface area contributed by atoms with E-state index in [0.717, 1.165) is 0 Å². The topological polar surface area (TPSA) is 103 Å². The first kappa shape index (κ1) is 17.7. The Morgan fingerprint density at radius 3 is 2.79 bits per heavy atom. The number of rotatable bonds is 5. The number of ether oxygens (including phenoxy) is 1. The molecule has 1 aromatic carbocycles. The zero-order chi connectivity index (χ0) is 19.7. The van der Waals surface area contributed by atoms with Crippen LogP contribution in [-0.2, 0) is 11.3 Å². The molecule has 1 N–H and O–H groups in total. The summed E-state index contributed by atoms with van der Waals surface area (Å²) in [5.41, 5.74) is 1.31. The Bertz CT molecular complexity index is 1240. The van der Waals surface area contributed by atoms with Gasteiger partial charge in [0.1, 0.15) is 18.1 Å². The lowest BCUT2D eigenvalue weighted by Gasteiger charge is -2.13. The van der Waals surface area contributed by atoms with E-state index in [1.165, 1.54) is 4.57 Å². The summed E-state index contributed by atoms with van der Waals surface area (Å²) in [7, 11) is 0. The first-order valence-electron chi connectivity index (χ1n) is 8.81. The smallest absolute Gasteiger partial charge is 0.297 e. The van der Waals surface area contributed by atoms with Gasteiger partial charge >= 0.3 is 0 Å². The van der Waals surface area contributed by atoms with Gasteiger partial charge in [0.2, 0.25) is 11.6 Å². The number of aromatic nitrogens is 5. The molecule has 3 aromatic heterocycles. The Labute approximate surface area is 159 Å². The van der Waals surface area contributed by atoms with Crippen LogP contribution in [0.5, 0.6) is 5.75 Å². The Balaban J connectivity index is 1.75. The largest absolute Gasteiger partial charge is 0.492 e. The third-order valence-electron chi connectivity index (χ3n) is 4.29. The van der Waals surface area contributed by atoms with E-state index in [0.29, 0.717) is 35.0 Å². The monoisotopic (exact) mass is 378 g/mol. The number of aryl methyl sites for hydroxylation is 1. The van der Waals surface area contributed by atoms with Gasteiger partial charge in [0, 0.05) is 6.20 Å². The second-order valence-corrected chi connectivity index (χ2v) is 6.12. The van der Waals surface area contributed by atoms with Crippen LogP contribution in [-0.4, -0.2) is 36.7 Å². The molecule has 28 heavy (non-hydrogen) atoms. The minimum absolute atomic E-state index is 0.131. The first-order chi connectivity index (χ1) is 13.6. The summed E-state index contributed by atoms with van der Waals surface area (Å²) in [5.74, 6) is 0.763. The lowest BCUT2D eigenvalue weighted by molar-refractivity contribution is -0.116. The van der Waals surface area contributed by atoms with Crippen molar-refractivity contribution in [3.63, 3.8) is 0 Å². The minimum atomic E-state index is -0.408. The Morgan fingerprint density at radius 2 is 1.96 bits per heavy atom. The van der Waals surface area contributed by atoms with Gasteiger partial charge in [-0.25, -0.2) is 4.98 Å². The summed E-state index contributed by atoms with van der Waals surface area (Å²) < 4.78 is 8.47. The van der Waals surface area contributed by atoms with Crippen molar-refractivity contribution in [2.24, 2.45) is 0 Å². The quantitative estimate of drug-likeness (QED) is 0.568. The maximum atomic E-state index is 12.9. The van der Waals surface area contributed by atoms with Gasteiger partial charge in [0.25, 0.3) is 5.56 Å². The highest BCUT2D eigenvalue weighted by atomic mass is 16.5. The molecule has 142 valence electrons. The number of nitrogens with zero attached hydrogens (tertiary/aromatic N) is 5. The molecule has 4 aromatic rings. The summed E-state index contributed by atoms with van der Waals surface area (Å²) in [6.45, 7) is 3.90. The van der Waals surface area contributed by atoms with E-state index in [-0.39, 0.29) is 18.1 Å². The van der Waals surface area contributed by atoms with Gasteiger partial charge in [-0.1, -0.05) is 12.1 Å². The molecule has 0 saturated carbocycles. The minimum Gasteiger partial charge on any atom is -0.492 e. The number of pyridine rings is 1. The average molecular weight is 378 g/mol. The van der Waals surface area contributed by atoms with Gasteiger partial charge in [-0.05, 0) is 38.1 Å². The fourth-order valence-corrected chi connectivity index (χ4v) is 3.10. The maximum absolute atomic E-state index is 12.9. The third-order valence-corrected chi connectivity index (χ3v) is 4.29. The van der Waals surface area contributed by atoms with Crippen molar-refractivity contribution in [1.82, 2.24) is 24.1 Å². The second-order valence-electron chi connectivity index (χ2n) is 6.12. The fourth-order valence-electron chi connectivity index (χ4n) is 3.10. The highest BCUT2D eigenvalue weighted by Crippen LogP contribution is 2.23. The lowest BCUT2D eigenvalue weighted by Crippen LogP contribution is -2.30. The molecule has 3 heterocycles. The Hall–Kier alpha value is -3.75. The molecule has 0 aliphatic heterocycles. The zero-order valence-corrected chi connectivity index (χ0v) is 15.4. The van der Waals surface area contributed by atoms with Crippen LogP contribution in [0.4, 0.5) is 5.69 Å². The van der Waals surface area contributed by atoms with Crippen molar-refractivity contribution in [1.29, 1.82) is 0 Å². The molecule has 9 heteroatoms. The molecule has 0 aliphatic rings. The third kappa shape index (κ3) is 2.96. The number of amides is 1. The molecule has 0 bridgehead atoms. The van der Waals surface area contributed by atoms with Crippen molar-refractivity contribution >= 4 is 28.4 Å². The SMILES string of the molecule is CCOc1ccccc1NC(=O)Cn1c(=O)c2nnc(C)n2c2ncccc21. The van der Waals surface area contributed by atoms with Crippen molar-refractivity contribution < 1.29 is 9.53 Å². The number of hydrogen-bond acceptors (Lipinski definition) is 6. The molecule has 0 aliphatic carbocycles. The molecular formula is C19H18N6O3. The molecule has 1 amide bonds. The van der Waals surface area contributed by atoms with Crippen molar-refractivity contribution in [2.75, 3.05) is 11.9 Å². The van der Waals surface area contributed by atoms with E-state index in [1.807, 2.05) is 13.0 Å². The Morgan fingerprint density at radius 1 is 1.14 bits per heavy atom. The molecule has 9 nitrogen and oxygen atoms in total. The number of fused-ring (bicyclic) bond motifs is 3. The molecular weight excluding hydrogens is 360 g/mol. The molecule has 0 fully saturated rings. The van der Waals surface area contributed by atoms with Crippen molar-refractivity contribution in [3.8, 4) is 5.75 Å². The van der Waals surface area contributed by atoms with E-state index >= 15 is 0 Å². The summed E-state index contributed by atoms with van der Waals surface area (Å²) >= 11 is 0. The predicted molar refractivity (Wildman–Crippen MR) is 104 cm³/mol. The number of hydrogen-bond donors (Lipinski definition) is 1. The standard InChI is InChI=1S/C19H18N6O3/c1-3-28-15-9-5-4-7-13(15)21-16(26)11-24-14-8-6-10-20-17(14)25-12(2)22-23-18(25)19(24)27/h4-10H,3,11H2,1-2H3,(H,21,26). The van der Waals surface area contributed by atoms with Gasteiger partial charge in [-0.3, -0.25) is 18.6 Å². The summed E-state index contributed by atoms with van der Waals surface area (Å²) in [6.07, 6.45) is 1.62. The molecule has 0 unspecified atom stereocenters. The summed E-state index contributed by atoms with van der Waals surface area (Å²) in [5, 5.41) is 10.7. The van der Waals surface area contributed by atoms with Gasteiger partial charge in [0.05, 0.1) is 17.8 Å². The van der Waals surface area contributed by atoms with Gasteiger partial charge < -0.3 is 10.1 Å². The van der Waals surface area contributed by atoms with Gasteiger partial charge in [0.15, 0.2) is 5.65 Å². The van der Waals surface area contributed by atoms with E-state index < -0.39 is 5.56 Å².